The Morgan fingerprint density at radius 2 is 1.78 bits per heavy atom. The quantitative estimate of drug-likeness (QED) is 0.623. The van der Waals surface area contributed by atoms with E-state index in [0.29, 0.717) is 0 Å². The molecular formula is C16H20N2. The number of hydrogen-bond donors (Lipinski definition) is 2. The molecular weight excluding hydrogens is 220 g/mol. The minimum atomic E-state index is 0.839. The zero-order valence-corrected chi connectivity index (χ0v) is 10.8. The van der Waals surface area contributed by atoms with Crippen molar-refractivity contribution >= 4 is 5.69 Å². The first-order valence-electron chi connectivity index (χ1n) is 6.35. The minimum absolute atomic E-state index is 0.839. The van der Waals surface area contributed by atoms with Crippen LogP contribution < -0.4 is 11.1 Å². The molecule has 94 valence electrons. The van der Waals surface area contributed by atoms with Crippen LogP contribution in [0.3, 0.4) is 0 Å². The summed E-state index contributed by atoms with van der Waals surface area (Å²) in [5.74, 6) is 0. The molecule has 2 aromatic rings. The van der Waals surface area contributed by atoms with Crippen LogP contribution in [0.1, 0.15) is 16.7 Å². The highest BCUT2D eigenvalue weighted by molar-refractivity contribution is 5.40. The summed E-state index contributed by atoms with van der Waals surface area (Å²) in [5.41, 5.74) is 10.5. The van der Waals surface area contributed by atoms with E-state index in [1.165, 1.54) is 16.7 Å². The van der Waals surface area contributed by atoms with E-state index in [2.05, 4.69) is 42.6 Å². The Morgan fingerprint density at radius 3 is 2.50 bits per heavy atom. The fourth-order valence-electron chi connectivity index (χ4n) is 1.92. The van der Waals surface area contributed by atoms with E-state index >= 15 is 0 Å². The molecule has 0 aliphatic rings. The Kier molecular flexibility index (Phi) is 4.37. The molecule has 2 aromatic carbocycles. The van der Waals surface area contributed by atoms with Gasteiger partial charge in [0.15, 0.2) is 0 Å². The Hall–Kier alpha value is -1.80. The van der Waals surface area contributed by atoms with E-state index in [9.17, 15) is 0 Å². The highest BCUT2D eigenvalue weighted by Crippen LogP contribution is 2.07. The zero-order chi connectivity index (χ0) is 12.8. The molecule has 0 spiro atoms. The molecule has 0 amide bonds. The Bertz CT molecular complexity index is 489. The molecule has 3 N–H and O–H groups in total. The van der Waals surface area contributed by atoms with Crippen molar-refractivity contribution < 1.29 is 0 Å². The van der Waals surface area contributed by atoms with Crippen molar-refractivity contribution in [3.8, 4) is 0 Å². The van der Waals surface area contributed by atoms with Crippen LogP contribution in [0.15, 0.2) is 48.5 Å². The van der Waals surface area contributed by atoms with Gasteiger partial charge in [0.1, 0.15) is 0 Å². The summed E-state index contributed by atoms with van der Waals surface area (Å²) in [6.07, 6.45) is 1.01. The van der Waals surface area contributed by atoms with Crippen LogP contribution in [0.2, 0.25) is 0 Å². The molecule has 2 rings (SSSR count). The first-order chi connectivity index (χ1) is 8.74. The standard InChI is InChI=1S/C16H20N2/c1-13-5-7-15(8-6-13)12-18-10-9-14-3-2-4-16(17)11-14/h2-8,11,18H,9-10,12,17H2,1H3. The van der Waals surface area contributed by atoms with E-state index in [0.717, 1.165) is 25.2 Å². The molecule has 0 aliphatic carbocycles. The summed E-state index contributed by atoms with van der Waals surface area (Å²) in [6.45, 7) is 4.00. The van der Waals surface area contributed by atoms with Crippen molar-refractivity contribution in [2.45, 2.75) is 19.9 Å². The second kappa shape index (κ2) is 6.22. The van der Waals surface area contributed by atoms with Crippen LogP contribution in [0, 0.1) is 6.92 Å². The molecule has 18 heavy (non-hydrogen) atoms. The average Bonchev–Trinajstić information content (AvgIpc) is 2.37. The van der Waals surface area contributed by atoms with Gasteiger partial charge >= 0.3 is 0 Å². The van der Waals surface area contributed by atoms with E-state index in [1.54, 1.807) is 0 Å². The van der Waals surface area contributed by atoms with Crippen molar-refractivity contribution in [2.75, 3.05) is 12.3 Å². The Labute approximate surface area is 109 Å². The van der Waals surface area contributed by atoms with Crippen molar-refractivity contribution in [3.05, 3.63) is 65.2 Å². The van der Waals surface area contributed by atoms with Crippen molar-refractivity contribution in [1.82, 2.24) is 5.32 Å². The summed E-state index contributed by atoms with van der Waals surface area (Å²) < 4.78 is 0. The fraction of sp³-hybridized carbons (Fsp3) is 0.250. The Morgan fingerprint density at radius 1 is 1.00 bits per heavy atom. The first-order valence-corrected chi connectivity index (χ1v) is 6.35. The summed E-state index contributed by atoms with van der Waals surface area (Å²) in [5, 5.41) is 3.45. The fourth-order valence-corrected chi connectivity index (χ4v) is 1.92. The number of nitrogens with one attached hydrogen (secondary N) is 1. The summed E-state index contributed by atoms with van der Waals surface area (Å²) in [6, 6.07) is 16.7. The van der Waals surface area contributed by atoms with Crippen LogP contribution in [-0.4, -0.2) is 6.54 Å². The molecule has 0 aromatic heterocycles. The highest BCUT2D eigenvalue weighted by atomic mass is 14.8. The molecule has 0 saturated heterocycles. The lowest BCUT2D eigenvalue weighted by Crippen LogP contribution is -2.16. The van der Waals surface area contributed by atoms with Gasteiger partial charge in [0, 0.05) is 12.2 Å². The van der Waals surface area contributed by atoms with Gasteiger partial charge in [-0.05, 0) is 43.1 Å². The lowest BCUT2D eigenvalue weighted by atomic mass is 10.1. The zero-order valence-electron chi connectivity index (χ0n) is 10.8. The lowest BCUT2D eigenvalue weighted by Gasteiger charge is -2.06. The number of rotatable bonds is 5. The number of nitrogen functional groups attached to an aromatic ring is 1. The number of aryl methyl sites for hydroxylation is 1. The van der Waals surface area contributed by atoms with Crippen molar-refractivity contribution in [3.63, 3.8) is 0 Å². The summed E-state index contributed by atoms with van der Waals surface area (Å²) in [4.78, 5) is 0. The van der Waals surface area contributed by atoms with E-state index in [1.807, 2.05) is 18.2 Å². The average molecular weight is 240 g/mol. The van der Waals surface area contributed by atoms with Gasteiger partial charge in [0.2, 0.25) is 0 Å². The van der Waals surface area contributed by atoms with Gasteiger partial charge in [-0.2, -0.15) is 0 Å². The van der Waals surface area contributed by atoms with Crippen LogP contribution in [0.5, 0.6) is 0 Å². The van der Waals surface area contributed by atoms with Crippen molar-refractivity contribution in [1.29, 1.82) is 0 Å². The Balaban J connectivity index is 1.74. The molecule has 0 bridgehead atoms. The minimum Gasteiger partial charge on any atom is -0.399 e. The van der Waals surface area contributed by atoms with E-state index in [4.69, 9.17) is 5.73 Å². The molecule has 0 radical (unpaired) electrons. The van der Waals surface area contributed by atoms with Gasteiger partial charge in [-0.3, -0.25) is 0 Å². The topological polar surface area (TPSA) is 38.0 Å². The van der Waals surface area contributed by atoms with Crippen LogP contribution in [0.4, 0.5) is 5.69 Å². The molecule has 0 atom stereocenters. The first kappa shape index (κ1) is 12.7. The van der Waals surface area contributed by atoms with Crippen LogP contribution >= 0.6 is 0 Å². The largest absolute Gasteiger partial charge is 0.399 e. The summed E-state index contributed by atoms with van der Waals surface area (Å²) >= 11 is 0. The predicted molar refractivity (Wildman–Crippen MR) is 77.4 cm³/mol. The monoisotopic (exact) mass is 240 g/mol. The van der Waals surface area contributed by atoms with Gasteiger partial charge in [-0.1, -0.05) is 42.0 Å². The van der Waals surface area contributed by atoms with E-state index in [-0.39, 0.29) is 0 Å². The van der Waals surface area contributed by atoms with Gasteiger partial charge in [0.05, 0.1) is 0 Å². The van der Waals surface area contributed by atoms with Gasteiger partial charge in [-0.25, -0.2) is 0 Å². The maximum atomic E-state index is 5.75. The normalized spacial score (nSPS) is 10.5. The second-order valence-electron chi connectivity index (χ2n) is 4.66. The molecule has 0 aliphatic heterocycles. The van der Waals surface area contributed by atoms with Crippen LogP contribution in [0.25, 0.3) is 0 Å². The second-order valence-corrected chi connectivity index (χ2v) is 4.66. The lowest BCUT2D eigenvalue weighted by molar-refractivity contribution is 0.687. The van der Waals surface area contributed by atoms with Gasteiger partial charge in [-0.15, -0.1) is 0 Å². The number of anilines is 1. The maximum absolute atomic E-state index is 5.75. The number of hydrogen-bond acceptors (Lipinski definition) is 2. The summed E-state index contributed by atoms with van der Waals surface area (Å²) in [7, 11) is 0. The molecule has 2 heteroatoms. The number of nitrogens with two attached hydrogens (primary N) is 1. The maximum Gasteiger partial charge on any atom is 0.0316 e. The van der Waals surface area contributed by atoms with E-state index < -0.39 is 0 Å². The predicted octanol–water partition coefficient (Wildman–Crippen LogP) is 2.91. The number of benzene rings is 2. The smallest absolute Gasteiger partial charge is 0.0316 e. The molecule has 0 fully saturated rings. The third-order valence-corrected chi connectivity index (χ3v) is 2.99. The molecule has 0 unspecified atom stereocenters. The van der Waals surface area contributed by atoms with Gasteiger partial charge in [0.25, 0.3) is 0 Å². The molecule has 0 saturated carbocycles. The molecule has 2 nitrogen and oxygen atoms in total. The third-order valence-electron chi connectivity index (χ3n) is 2.99. The third kappa shape index (κ3) is 3.90. The highest BCUT2D eigenvalue weighted by Gasteiger charge is 1.95. The van der Waals surface area contributed by atoms with Crippen molar-refractivity contribution in [2.24, 2.45) is 0 Å². The SMILES string of the molecule is Cc1ccc(CNCCc2cccc(N)c2)cc1. The van der Waals surface area contributed by atoms with Crippen LogP contribution in [-0.2, 0) is 13.0 Å². The molecule has 0 heterocycles. The van der Waals surface area contributed by atoms with Gasteiger partial charge < -0.3 is 11.1 Å².